The van der Waals surface area contributed by atoms with Gasteiger partial charge in [-0.25, -0.2) is 0 Å². The quantitative estimate of drug-likeness (QED) is 0.764. The molecule has 1 aromatic carbocycles. The number of benzene rings is 1. The van der Waals surface area contributed by atoms with E-state index in [1.54, 1.807) is 0 Å². The van der Waals surface area contributed by atoms with Crippen molar-refractivity contribution in [3.63, 3.8) is 0 Å². The Labute approximate surface area is 83.6 Å². The maximum absolute atomic E-state index is 9.59. The molecule has 1 aromatic heterocycles. The zero-order valence-electron chi connectivity index (χ0n) is 8.33. The number of fused-ring (bicyclic) bond motifs is 1. The van der Waals surface area contributed by atoms with E-state index in [4.69, 9.17) is 0 Å². The number of aliphatic hydroxyl groups excluding tert-OH is 1. The summed E-state index contributed by atoms with van der Waals surface area (Å²) < 4.78 is 0. The Morgan fingerprint density at radius 3 is 3.00 bits per heavy atom. The molecule has 0 spiro atoms. The Balaban J connectivity index is 2.36. The maximum Gasteiger partial charge on any atom is 0.0578 e. The van der Waals surface area contributed by atoms with Crippen molar-refractivity contribution < 1.29 is 5.11 Å². The van der Waals surface area contributed by atoms with E-state index < -0.39 is 0 Å². The van der Waals surface area contributed by atoms with Crippen LogP contribution >= 0.6 is 0 Å². The molecule has 0 aliphatic carbocycles. The van der Waals surface area contributed by atoms with Gasteiger partial charge in [-0.2, -0.15) is 0 Å². The summed E-state index contributed by atoms with van der Waals surface area (Å²) in [7, 11) is 0. The molecule has 0 aliphatic heterocycles. The molecule has 0 saturated carbocycles. The van der Waals surface area contributed by atoms with E-state index in [1.165, 1.54) is 10.9 Å². The van der Waals surface area contributed by atoms with Gasteiger partial charge >= 0.3 is 0 Å². The summed E-state index contributed by atoms with van der Waals surface area (Å²) >= 11 is 0. The molecule has 0 amide bonds. The molecule has 2 rings (SSSR count). The largest absolute Gasteiger partial charge is 0.393 e. The van der Waals surface area contributed by atoms with E-state index in [0.29, 0.717) is 0 Å². The molecular formula is C12H15NO. The van der Waals surface area contributed by atoms with Crippen LogP contribution in [0.25, 0.3) is 10.9 Å². The van der Waals surface area contributed by atoms with E-state index in [9.17, 15) is 5.11 Å². The van der Waals surface area contributed by atoms with Gasteiger partial charge in [0.25, 0.3) is 0 Å². The molecule has 74 valence electrons. The van der Waals surface area contributed by atoms with Gasteiger partial charge in [0.1, 0.15) is 0 Å². The summed E-state index contributed by atoms with van der Waals surface area (Å²) in [6, 6.07) is 8.23. The van der Waals surface area contributed by atoms with Gasteiger partial charge in [0.15, 0.2) is 0 Å². The normalized spacial score (nSPS) is 13.3. The van der Waals surface area contributed by atoms with Crippen LogP contribution in [0.4, 0.5) is 0 Å². The van der Waals surface area contributed by atoms with Crippen molar-refractivity contribution in [2.24, 2.45) is 0 Å². The molecule has 2 nitrogen and oxygen atoms in total. The van der Waals surface area contributed by atoms with Crippen molar-refractivity contribution in [3.05, 3.63) is 36.0 Å². The molecule has 2 heteroatoms. The Bertz CT molecular complexity index is 419. The predicted octanol–water partition coefficient (Wildman–Crippen LogP) is 2.48. The highest BCUT2D eigenvalue weighted by Gasteiger charge is 2.06. The molecule has 2 aromatic rings. The van der Waals surface area contributed by atoms with Crippen LogP contribution < -0.4 is 0 Å². The topological polar surface area (TPSA) is 36.0 Å². The first-order chi connectivity index (χ1) is 6.81. The Hall–Kier alpha value is -1.28. The van der Waals surface area contributed by atoms with Crippen molar-refractivity contribution in [2.45, 2.75) is 25.9 Å². The first-order valence-corrected chi connectivity index (χ1v) is 5.04. The van der Waals surface area contributed by atoms with Crippen molar-refractivity contribution in [1.29, 1.82) is 0 Å². The highest BCUT2D eigenvalue weighted by Crippen LogP contribution is 2.18. The van der Waals surface area contributed by atoms with Gasteiger partial charge in [-0.3, -0.25) is 0 Å². The lowest BCUT2D eigenvalue weighted by molar-refractivity contribution is 0.171. The molecule has 14 heavy (non-hydrogen) atoms. The minimum absolute atomic E-state index is 0.233. The number of aromatic nitrogens is 1. The van der Waals surface area contributed by atoms with Gasteiger partial charge < -0.3 is 10.1 Å². The fourth-order valence-corrected chi connectivity index (χ4v) is 1.72. The molecular weight excluding hydrogens is 174 g/mol. The van der Waals surface area contributed by atoms with E-state index >= 15 is 0 Å². The first-order valence-electron chi connectivity index (χ1n) is 5.04. The lowest BCUT2D eigenvalue weighted by atomic mass is 10.0. The molecule has 0 unspecified atom stereocenters. The highest BCUT2D eigenvalue weighted by molar-refractivity contribution is 5.82. The van der Waals surface area contributed by atoms with Crippen molar-refractivity contribution in [1.82, 2.24) is 4.98 Å². The van der Waals surface area contributed by atoms with E-state index in [2.05, 4.69) is 23.2 Å². The molecule has 0 aliphatic rings. The highest BCUT2D eigenvalue weighted by atomic mass is 16.3. The first kappa shape index (κ1) is 9.28. The second-order valence-electron chi connectivity index (χ2n) is 3.63. The van der Waals surface area contributed by atoms with Crippen molar-refractivity contribution in [2.75, 3.05) is 0 Å². The zero-order valence-corrected chi connectivity index (χ0v) is 8.33. The summed E-state index contributed by atoms with van der Waals surface area (Å²) in [4.78, 5) is 3.21. The van der Waals surface area contributed by atoms with Gasteiger partial charge in [-0.05, 0) is 23.4 Å². The third-order valence-electron chi connectivity index (χ3n) is 2.60. The molecule has 0 fully saturated rings. The van der Waals surface area contributed by atoms with E-state index in [1.807, 2.05) is 19.2 Å². The lowest BCUT2D eigenvalue weighted by Crippen LogP contribution is -2.08. The van der Waals surface area contributed by atoms with Crippen LogP contribution in [0.5, 0.6) is 0 Å². The number of hydrogen-bond acceptors (Lipinski definition) is 1. The SMILES string of the molecule is CC[C@@H](O)Cc1cccc2cc[nH]c12. The van der Waals surface area contributed by atoms with Crippen LogP contribution in [0.2, 0.25) is 0 Å². The monoisotopic (exact) mass is 189 g/mol. The Morgan fingerprint density at radius 2 is 2.21 bits per heavy atom. The van der Waals surface area contributed by atoms with Crippen LogP contribution in [0, 0.1) is 0 Å². The van der Waals surface area contributed by atoms with Crippen LogP contribution in [0.1, 0.15) is 18.9 Å². The number of H-pyrrole nitrogens is 1. The maximum atomic E-state index is 9.59. The van der Waals surface area contributed by atoms with Crippen molar-refractivity contribution >= 4 is 10.9 Å². The van der Waals surface area contributed by atoms with Gasteiger partial charge in [-0.1, -0.05) is 25.1 Å². The number of aromatic amines is 1. The predicted molar refractivity (Wildman–Crippen MR) is 58.3 cm³/mol. The van der Waals surface area contributed by atoms with Crippen LogP contribution in [-0.4, -0.2) is 16.2 Å². The minimum Gasteiger partial charge on any atom is -0.393 e. The molecule has 1 heterocycles. The van der Waals surface area contributed by atoms with Crippen LogP contribution in [-0.2, 0) is 6.42 Å². The molecule has 1 atom stereocenters. The van der Waals surface area contributed by atoms with Gasteiger partial charge in [0, 0.05) is 18.1 Å². The Kier molecular flexibility index (Phi) is 2.55. The third kappa shape index (κ3) is 1.66. The molecule has 0 radical (unpaired) electrons. The number of rotatable bonds is 3. The van der Waals surface area contributed by atoms with Gasteiger partial charge in [0.05, 0.1) is 6.10 Å². The molecule has 0 saturated heterocycles. The fraction of sp³-hybridized carbons (Fsp3) is 0.333. The van der Waals surface area contributed by atoms with Gasteiger partial charge in [0.2, 0.25) is 0 Å². The standard InChI is InChI=1S/C12H15NO/c1-2-11(14)8-10-5-3-4-9-6-7-13-12(9)10/h3-7,11,13-14H,2,8H2,1H3/t11-/m1/s1. The summed E-state index contributed by atoms with van der Waals surface area (Å²) in [5.74, 6) is 0. The van der Waals surface area contributed by atoms with E-state index in [-0.39, 0.29) is 6.10 Å². The number of nitrogens with one attached hydrogen (secondary N) is 1. The second-order valence-corrected chi connectivity index (χ2v) is 3.63. The number of hydrogen-bond donors (Lipinski definition) is 2. The summed E-state index contributed by atoms with van der Waals surface area (Å²) in [5.41, 5.74) is 2.35. The van der Waals surface area contributed by atoms with Crippen LogP contribution in [0.15, 0.2) is 30.5 Å². The Morgan fingerprint density at radius 1 is 1.36 bits per heavy atom. The zero-order chi connectivity index (χ0) is 9.97. The molecule has 0 bridgehead atoms. The van der Waals surface area contributed by atoms with E-state index in [0.717, 1.165) is 18.4 Å². The number of para-hydroxylation sites is 1. The third-order valence-corrected chi connectivity index (χ3v) is 2.60. The minimum atomic E-state index is -0.233. The van der Waals surface area contributed by atoms with Crippen LogP contribution in [0.3, 0.4) is 0 Å². The second kappa shape index (κ2) is 3.84. The van der Waals surface area contributed by atoms with Gasteiger partial charge in [-0.15, -0.1) is 0 Å². The lowest BCUT2D eigenvalue weighted by Gasteiger charge is -2.08. The molecule has 2 N–H and O–H groups in total. The average molecular weight is 189 g/mol. The summed E-state index contributed by atoms with van der Waals surface area (Å²) in [6.07, 6.45) is 3.24. The smallest absolute Gasteiger partial charge is 0.0578 e. The number of aliphatic hydroxyl groups is 1. The summed E-state index contributed by atoms with van der Waals surface area (Å²) in [5, 5.41) is 10.8. The van der Waals surface area contributed by atoms with Crippen molar-refractivity contribution in [3.8, 4) is 0 Å². The average Bonchev–Trinajstić information content (AvgIpc) is 2.66. The summed E-state index contributed by atoms with van der Waals surface area (Å²) in [6.45, 7) is 2.00. The fourth-order valence-electron chi connectivity index (χ4n) is 1.72.